The van der Waals surface area contributed by atoms with E-state index in [0.717, 1.165) is 22.7 Å². The van der Waals surface area contributed by atoms with Crippen LogP contribution < -0.4 is 9.80 Å². The molecule has 0 aliphatic carbocycles. The second-order valence-electron chi connectivity index (χ2n) is 14.8. The normalized spacial score (nSPS) is 11.9. The molecule has 12 rings (SSSR count). The quantitative estimate of drug-likeness (QED) is 0.125. The van der Waals surface area contributed by atoms with Gasteiger partial charge in [-0.15, -0.1) is 0 Å². The minimum absolute atomic E-state index is 1.13. The Labute approximate surface area is 324 Å². The van der Waals surface area contributed by atoms with Crippen LogP contribution in [0.15, 0.2) is 206 Å². The Balaban J connectivity index is 1.37. The summed E-state index contributed by atoms with van der Waals surface area (Å²) in [5, 5.41) is 17.7. The molecule has 0 saturated carbocycles. The van der Waals surface area contributed by atoms with Crippen molar-refractivity contribution in [1.29, 1.82) is 0 Å². The molecule has 0 bridgehead atoms. The average Bonchev–Trinajstić information content (AvgIpc) is 3.27. The first-order chi connectivity index (χ1) is 27.8. The van der Waals surface area contributed by atoms with E-state index in [1.165, 1.54) is 86.8 Å². The summed E-state index contributed by atoms with van der Waals surface area (Å²) >= 11 is 0. The van der Waals surface area contributed by atoms with Crippen LogP contribution in [0.3, 0.4) is 0 Å². The second-order valence-corrected chi connectivity index (χ2v) is 14.8. The zero-order chi connectivity index (χ0) is 36.7. The van der Waals surface area contributed by atoms with Gasteiger partial charge in [-0.2, -0.15) is 0 Å². The van der Waals surface area contributed by atoms with Crippen LogP contribution in [0.1, 0.15) is 0 Å². The lowest BCUT2D eigenvalue weighted by atomic mass is 9.82. The van der Waals surface area contributed by atoms with Crippen LogP contribution in [0, 0.1) is 0 Å². The summed E-state index contributed by atoms with van der Waals surface area (Å²) in [7, 11) is 0. The van der Waals surface area contributed by atoms with E-state index in [2.05, 4.69) is 216 Å². The maximum absolute atomic E-state index is 2.48. The van der Waals surface area contributed by atoms with E-state index in [9.17, 15) is 0 Å². The van der Waals surface area contributed by atoms with E-state index in [0.29, 0.717) is 0 Å². The molecule has 0 heterocycles. The van der Waals surface area contributed by atoms with Crippen LogP contribution in [0.25, 0.3) is 75.4 Å². The van der Waals surface area contributed by atoms with Gasteiger partial charge in [0.1, 0.15) is 0 Å². The van der Waals surface area contributed by atoms with Crippen LogP contribution in [-0.2, 0) is 0 Å². The molecule has 56 heavy (non-hydrogen) atoms. The fourth-order valence-corrected chi connectivity index (χ4v) is 9.59. The molecular formula is C54H34N2. The fraction of sp³-hybridized carbons (Fsp3) is 0. The maximum atomic E-state index is 2.48. The highest BCUT2D eigenvalue weighted by Crippen LogP contribution is 2.57. The van der Waals surface area contributed by atoms with Crippen LogP contribution in [0.5, 0.6) is 0 Å². The first-order valence-corrected chi connectivity index (χ1v) is 19.4. The number of rotatable bonds is 6. The zero-order valence-electron chi connectivity index (χ0n) is 30.5. The Morgan fingerprint density at radius 2 is 0.518 bits per heavy atom. The molecule has 0 fully saturated rings. The van der Waals surface area contributed by atoms with Gasteiger partial charge in [0.25, 0.3) is 0 Å². The molecule has 12 aromatic rings. The second kappa shape index (κ2) is 12.0. The van der Waals surface area contributed by atoms with Crippen LogP contribution in [0.2, 0.25) is 0 Å². The lowest BCUT2D eigenvalue weighted by molar-refractivity contribution is 1.31. The summed E-state index contributed by atoms with van der Waals surface area (Å²) in [6.07, 6.45) is 0. The summed E-state index contributed by atoms with van der Waals surface area (Å²) in [6.45, 7) is 0. The largest absolute Gasteiger partial charge is 0.309 e. The van der Waals surface area contributed by atoms with Gasteiger partial charge in [-0.1, -0.05) is 146 Å². The topological polar surface area (TPSA) is 6.48 Å². The van der Waals surface area contributed by atoms with E-state index < -0.39 is 0 Å². The van der Waals surface area contributed by atoms with Gasteiger partial charge in [0.2, 0.25) is 0 Å². The standard InChI is InChI=1S/C54H34N2/c1-5-19-37(20-6-1)55(38-21-7-2-8-22-38)53-45-31-29-44-42-28-16-14-18-36(42)34-48-50(44)51(45)52-46(32-30-43-41-27-15-13-17-35(41)33-47(53)49(43)52)54(48)56(39-23-9-3-10-24-39)40-25-11-4-12-26-40/h1-34H. The van der Waals surface area contributed by atoms with Crippen molar-refractivity contribution in [3.8, 4) is 0 Å². The maximum Gasteiger partial charge on any atom is 0.0619 e. The monoisotopic (exact) mass is 710 g/mol. The molecule has 0 amide bonds. The molecular weight excluding hydrogens is 677 g/mol. The van der Waals surface area contributed by atoms with Gasteiger partial charge >= 0.3 is 0 Å². The van der Waals surface area contributed by atoms with Crippen molar-refractivity contribution >= 4 is 110 Å². The molecule has 0 aliphatic heterocycles. The van der Waals surface area contributed by atoms with E-state index in [4.69, 9.17) is 0 Å². The van der Waals surface area contributed by atoms with Crippen LogP contribution in [0.4, 0.5) is 34.1 Å². The van der Waals surface area contributed by atoms with Crippen LogP contribution >= 0.6 is 0 Å². The summed E-state index contributed by atoms with van der Waals surface area (Å²) in [4.78, 5) is 4.97. The van der Waals surface area contributed by atoms with Crippen molar-refractivity contribution in [2.75, 3.05) is 9.80 Å². The Kier molecular flexibility index (Phi) is 6.66. The molecule has 12 aromatic carbocycles. The SMILES string of the molecule is c1ccc(N(c2ccccc2)c2c3cc4ccccc4c4ccc5c(N(c6ccccc6)c6ccccc6)c6cc7ccccc7c7ccc2c(c67)c5c34)cc1. The molecule has 0 saturated heterocycles. The van der Waals surface area contributed by atoms with Gasteiger partial charge < -0.3 is 9.80 Å². The van der Waals surface area contributed by atoms with Gasteiger partial charge in [0.15, 0.2) is 0 Å². The molecule has 0 N–H and O–H groups in total. The van der Waals surface area contributed by atoms with E-state index in [1.807, 2.05) is 0 Å². The first kappa shape index (κ1) is 31.0. The highest BCUT2D eigenvalue weighted by molar-refractivity contribution is 6.46. The summed E-state index contributed by atoms with van der Waals surface area (Å²) in [5.74, 6) is 0. The highest BCUT2D eigenvalue weighted by Gasteiger charge is 2.29. The number of anilines is 6. The molecule has 0 aliphatic rings. The Hall–Kier alpha value is -7.42. The minimum Gasteiger partial charge on any atom is -0.309 e. The zero-order valence-corrected chi connectivity index (χ0v) is 30.5. The number of para-hydroxylation sites is 4. The average molecular weight is 711 g/mol. The molecule has 0 spiro atoms. The molecule has 0 radical (unpaired) electrons. The van der Waals surface area contributed by atoms with Crippen molar-refractivity contribution < 1.29 is 0 Å². The van der Waals surface area contributed by atoms with E-state index in [-0.39, 0.29) is 0 Å². The third kappa shape index (κ3) is 4.38. The van der Waals surface area contributed by atoms with Crippen molar-refractivity contribution in [2.45, 2.75) is 0 Å². The van der Waals surface area contributed by atoms with E-state index in [1.54, 1.807) is 0 Å². The molecule has 0 unspecified atom stereocenters. The Morgan fingerprint density at radius 1 is 0.214 bits per heavy atom. The molecule has 260 valence electrons. The number of fused-ring (bicyclic) bond motifs is 4. The minimum atomic E-state index is 1.13. The van der Waals surface area contributed by atoms with E-state index >= 15 is 0 Å². The predicted octanol–water partition coefficient (Wildman–Crippen LogP) is 15.6. The van der Waals surface area contributed by atoms with Crippen molar-refractivity contribution in [1.82, 2.24) is 0 Å². The molecule has 0 atom stereocenters. The Bertz CT molecular complexity index is 3090. The van der Waals surface area contributed by atoms with Gasteiger partial charge in [0, 0.05) is 65.8 Å². The van der Waals surface area contributed by atoms with Gasteiger partial charge in [-0.25, -0.2) is 0 Å². The number of hydrogen-bond acceptors (Lipinski definition) is 2. The van der Waals surface area contributed by atoms with Gasteiger partial charge in [-0.3, -0.25) is 0 Å². The van der Waals surface area contributed by atoms with Crippen LogP contribution in [-0.4, -0.2) is 0 Å². The smallest absolute Gasteiger partial charge is 0.0619 e. The third-order valence-corrected chi connectivity index (χ3v) is 11.8. The summed E-state index contributed by atoms with van der Waals surface area (Å²) in [5.41, 5.74) is 6.91. The molecule has 2 nitrogen and oxygen atoms in total. The first-order valence-electron chi connectivity index (χ1n) is 19.4. The number of nitrogens with zero attached hydrogens (tertiary/aromatic N) is 2. The molecule has 0 aromatic heterocycles. The summed E-state index contributed by atoms with van der Waals surface area (Å²) in [6, 6.07) is 75.7. The fourth-order valence-electron chi connectivity index (χ4n) is 9.59. The van der Waals surface area contributed by atoms with Crippen molar-refractivity contribution in [3.63, 3.8) is 0 Å². The summed E-state index contributed by atoms with van der Waals surface area (Å²) < 4.78 is 0. The third-order valence-electron chi connectivity index (χ3n) is 11.8. The van der Waals surface area contributed by atoms with Gasteiger partial charge in [-0.05, 0) is 93.0 Å². The predicted molar refractivity (Wildman–Crippen MR) is 241 cm³/mol. The van der Waals surface area contributed by atoms with Crippen molar-refractivity contribution in [3.05, 3.63) is 206 Å². The number of hydrogen-bond donors (Lipinski definition) is 0. The van der Waals surface area contributed by atoms with Crippen molar-refractivity contribution in [2.24, 2.45) is 0 Å². The lowest BCUT2D eigenvalue weighted by Gasteiger charge is -2.33. The Morgan fingerprint density at radius 3 is 0.875 bits per heavy atom. The molecule has 2 heteroatoms. The number of benzene rings is 12. The lowest BCUT2D eigenvalue weighted by Crippen LogP contribution is -2.13. The highest BCUT2D eigenvalue weighted by atomic mass is 15.2. The van der Waals surface area contributed by atoms with Gasteiger partial charge in [0.05, 0.1) is 11.4 Å².